The number of rotatable bonds is 9. The van der Waals surface area contributed by atoms with Crippen LogP contribution in [0.3, 0.4) is 0 Å². The Labute approximate surface area is 191 Å². The molecular formula is C21H41N7O4. The average Bonchev–Trinajstić information content (AvgIpc) is 3.18. The Hall–Kier alpha value is -2.98. The summed E-state index contributed by atoms with van der Waals surface area (Å²) in [6.45, 7) is 16.1. The van der Waals surface area contributed by atoms with Gasteiger partial charge in [-0.15, -0.1) is 5.10 Å². The summed E-state index contributed by atoms with van der Waals surface area (Å²) in [6, 6.07) is 0. The topological polar surface area (TPSA) is 147 Å². The molecule has 1 heterocycles. The van der Waals surface area contributed by atoms with Gasteiger partial charge in [0, 0.05) is 38.5 Å². The second kappa shape index (κ2) is 17.7. The molecule has 0 spiro atoms. The highest BCUT2D eigenvalue weighted by Gasteiger charge is 2.20. The van der Waals surface area contributed by atoms with Crippen molar-refractivity contribution in [1.29, 1.82) is 0 Å². The van der Waals surface area contributed by atoms with Gasteiger partial charge in [0.15, 0.2) is 5.69 Å². The number of amides is 4. The number of nitrogens with zero attached hydrogens (tertiary/aromatic N) is 3. The molecule has 1 aromatic heterocycles. The fourth-order valence-electron chi connectivity index (χ4n) is 1.83. The standard InChI is InChI=1S/C16H27N7O4.C3H8.C2H6/c1-11(24)17-5-7-19-14(26)12-9-23(22-21-12)10-13(25)18-6-8-20-15(27)16(2,3)4;1-3-2;1-2/h9H,5-8,10H2,1-4H3,(H,17,24)(H,18,25)(H,19,26)(H,20,27);3H2,1-2H3;1-2H3. The van der Waals surface area contributed by atoms with Gasteiger partial charge in [-0.1, -0.05) is 60.1 Å². The van der Waals surface area contributed by atoms with Crippen LogP contribution in [0.4, 0.5) is 0 Å². The van der Waals surface area contributed by atoms with Gasteiger partial charge < -0.3 is 21.3 Å². The van der Waals surface area contributed by atoms with E-state index in [-0.39, 0.29) is 43.0 Å². The van der Waals surface area contributed by atoms with E-state index < -0.39 is 11.3 Å². The lowest BCUT2D eigenvalue weighted by Crippen LogP contribution is -2.40. The number of carbonyl (C=O) groups excluding carboxylic acids is 4. The second-order valence-electron chi connectivity index (χ2n) is 7.60. The Morgan fingerprint density at radius 2 is 1.41 bits per heavy atom. The first-order valence-corrected chi connectivity index (χ1v) is 11.0. The molecule has 0 saturated heterocycles. The molecule has 11 heteroatoms. The zero-order chi connectivity index (χ0) is 25.2. The molecule has 0 fully saturated rings. The van der Waals surface area contributed by atoms with Crippen molar-refractivity contribution >= 4 is 23.6 Å². The van der Waals surface area contributed by atoms with E-state index in [0.717, 1.165) is 0 Å². The van der Waals surface area contributed by atoms with Crippen molar-refractivity contribution in [2.45, 2.75) is 68.4 Å². The van der Waals surface area contributed by atoms with E-state index in [1.165, 1.54) is 24.2 Å². The Bertz CT molecular complexity index is 697. The summed E-state index contributed by atoms with van der Waals surface area (Å²) < 4.78 is 1.24. The molecule has 0 unspecified atom stereocenters. The highest BCUT2D eigenvalue weighted by Crippen LogP contribution is 2.11. The normalized spacial score (nSPS) is 9.88. The lowest BCUT2D eigenvalue weighted by molar-refractivity contribution is -0.128. The molecule has 0 radical (unpaired) electrons. The first-order chi connectivity index (χ1) is 15.0. The molecular weight excluding hydrogens is 414 g/mol. The van der Waals surface area contributed by atoms with Crippen LogP contribution in [0.1, 0.15) is 72.3 Å². The molecule has 0 aliphatic heterocycles. The Balaban J connectivity index is 0. The van der Waals surface area contributed by atoms with Crippen LogP contribution in [0.25, 0.3) is 0 Å². The SMILES string of the molecule is CC.CC(=O)NCCNC(=O)c1cn(CC(=O)NCCNC(=O)C(C)(C)C)nn1.CCC. The van der Waals surface area contributed by atoms with Gasteiger partial charge in [-0.3, -0.25) is 19.2 Å². The van der Waals surface area contributed by atoms with E-state index in [2.05, 4.69) is 45.4 Å². The van der Waals surface area contributed by atoms with Crippen LogP contribution in [0.15, 0.2) is 6.20 Å². The summed E-state index contributed by atoms with van der Waals surface area (Å²) in [7, 11) is 0. The molecule has 0 saturated carbocycles. The molecule has 1 rings (SSSR count). The van der Waals surface area contributed by atoms with Crippen LogP contribution >= 0.6 is 0 Å². The van der Waals surface area contributed by atoms with Crippen molar-refractivity contribution in [2.75, 3.05) is 26.2 Å². The molecule has 1 aromatic rings. The third-order valence-electron chi connectivity index (χ3n) is 3.28. The van der Waals surface area contributed by atoms with E-state index in [4.69, 9.17) is 0 Å². The molecule has 4 N–H and O–H groups in total. The van der Waals surface area contributed by atoms with Crippen LogP contribution < -0.4 is 21.3 Å². The van der Waals surface area contributed by atoms with E-state index in [0.29, 0.717) is 13.1 Å². The molecule has 32 heavy (non-hydrogen) atoms. The third-order valence-corrected chi connectivity index (χ3v) is 3.28. The molecule has 0 atom stereocenters. The monoisotopic (exact) mass is 455 g/mol. The molecule has 0 aliphatic rings. The first kappa shape index (κ1) is 31.2. The number of aromatic nitrogens is 3. The van der Waals surface area contributed by atoms with Crippen molar-refractivity contribution in [1.82, 2.24) is 36.3 Å². The average molecular weight is 456 g/mol. The third kappa shape index (κ3) is 15.8. The fourth-order valence-corrected chi connectivity index (χ4v) is 1.83. The Morgan fingerprint density at radius 3 is 1.94 bits per heavy atom. The maximum absolute atomic E-state index is 11.9. The van der Waals surface area contributed by atoms with Crippen LogP contribution in [0.5, 0.6) is 0 Å². The summed E-state index contributed by atoms with van der Waals surface area (Å²) in [6.07, 6.45) is 2.61. The zero-order valence-electron chi connectivity index (χ0n) is 20.8. The molecule has 4 amide bonds. The van der Waals surface area contributed by atoms with E-state index in [1.807, 2.05) is 13.8 Å². The summed E-state index contributed by atoms with van der Waals surface area (Å²) in [5.74, 6) is -1.04. The first-order valence-electron chi connectivity index (χ1n) is 11.0. The highest BCUT2D eigenvalue weighted by atomic mass is 16.2. The molecule has 11 nitrogen and oxygen atoms in total. The second-order valence-corrected chi connectivity index (χ2v) is 7.60. The van der Waals surface area contributed by atoms with Crippen molar-refractivity contribution < 1.29 is 19.2 Å². The minimum absolute atomic E-state index is 0.0723. The molecule has 0 aromatic carbocycles. The van der Waals surface area contributed by atoms with Crippen LogP contribution in [-0.4, -0.2) is 64.8 Å². The van der Waals surface area contributed by atoms with E-state index in [9.17, 15) is 19.2 Å². The van der Waals surface area contributed by atoms with Crippen LogP contribution in [0.2, 0.25) is 0 Å². The van der Waals surface area contributed by atoms with Gasteiger partial charge in [0.05, 0.1) is 6.20 Å². The summed E-state index contributed by atoms with van der Waals surface area (Å²) in [5.41, 5.74) is -0.410. The summed E-state index contributed by atoms with van der Waals surface area (Å²) in [5, 5.41) is 17.9. The Morgan fingerprint density at radius 1 is 0.906 bits per heavy atom. The van der Waals surface area contributed by atoms with E-state index >= 15 is 0 Å². The Kier molecular flexibility index (Phi) is 17.2. The van der Waals surface area contributed by atoms with Crippen molar-refractivity contribution in [2.24, 2.45) is 5.41 Å². The van der Waals surface area contributed by atoms with Crippen molar-refractivity contribution in [3.63, 3.8) is 0 Å². The van der Waals surface area contributed by atoms with Gasteiger partial charge in [0.1, 0.15) is 6.54 Å². The summed E-state index contributed by atoms with van der Waals surface area (Å²) >= 11 is 0. The molecule has 0 aliphatic carbocycles. The minimum atomic E-state index is -0.482. The minimum Gasteiger partial charge on any atom is -0.355 e. The molecule has 0 bridgehead atoms. The highest BCUT2D eigenvalue weighted by molar-refractivity contribution is 5.91. The number of hydrogen-bond donors (Lipinski definition) is 4. The number of nitrogens with one attached hydrogen (secondary N) is 4. The van der Waals surface area contributed by atoms with Gasteiger partial charge in [0.2, 0.25) is 17.7 Å². The lowest BCUT2D eigenvalue weighted by atomic mass is 9.96. The van der Waals surface area contributed by atoms with Crippen molar-refractivity contribution in [3.05, 3.63) is 11.9 Å². The predicted molar refractivity (Wildman–Crippen MR) is 124 cm³/mol. The smallest absolute Gasteiger partial charge is 0.273 e. The maximum Gasteiger partial charge on any atom is 0.273 e. The largest absolute Gasteiger partial charge is 0.355 e. The van der Waals surface area contributed by atoms with E-state index in [1.54, 1.807) is 20.8 Å². The summed E-state index contributed by atoms with van der Waals surface area (Å²) in [4.78, 5) is 46.1. The number of hydrogen-bond acceptors (Lipinski definition) is 6. The molecule has 184 valence electrons. The van der Waals surface area contributed by atoms with Gasteiger partial charge in [-0.25, -0.2) is 4.68 Å². The fraction of sp³-hybridized carbons (Fsp3) is 0.714. The van der Waals surface area contributed by atoms with Crippen molar-refractivity contribution in [3.8, 4) is 0 Å². The van der Waals surface area contributed by atoms with Crippen LogP contribution in [0, 0.1) is 5.41 Å². The zero-order valence-corrected chi connectivity index (χ0v) is 20.8. The predicted octanol–water partition coefficient (Wildman–Crippen LogP) is 0.865. The number of carbonyl (C=O) groups is 4. The van der Waals surface area contributed by atoms with Gasteiger partial charge in [-0.05, 0) is 0 Å². The van der Waals surface area contributed by atoms with Crippen LogP contribution in [-0.2, 0) is 20.9 Å². The van der Waals surface area contributed by atoms with Gasteiger partial charge >= 0.3 is 0 Å². The van der Waals surface area contributed by atoms with Gasteiger partial charge in [-0.2, -0.15) is 0 Å². The maximum atomic E-state index is 11.9. The lowest BCUT2D eigenvalue weighted by Gasteiger charge is -2.17. The van der Waals surface area contributed by atoms with Gasteiger partial charge in [0.25, 0.3) is 5.91 Å². The quantitative estimate of drug-likeness (QED) is 0.406.